The van der Waals surface area contributed by atoms with Gasteiger partial charge < -0.3 is 8.98 Å². The fourth-order valence-corrected chi connectivity index (χ4v) is 6.02. The van der Waals surface area contributed by atoms with Gasteiger partial charge in [-0.25, -0.2) is 0 Å². The Hall–Kier alpha value is -5.59. The van der Waals surface area contributed by atoms with E-state index in [2.05, 4.69) is 114 Å². The summed E-state index contributed by atoms with van der Waals surface area (Å²) in [4.78, 5) is 0. The van der Waals surface area contributed by atoms with Crippen molar-refractivity contribution in [2.75, 3.05) is 0 Å². The van der Waals surface area contributed by atoms with E-state index < -0.39 is 0 Å². The second kappa shape index (κ2) is 8.73. The summed E-state index contributed by atoms with van der Waals surface area (Å²) in [6.07, 6.45) is 0. The average Bonchev–Trinajstić information content (AvgIpc) is 3.56. The van der Waals surface area contributed by atoms with Crippen molar-refractivity contribution in [1.82, 2.24) is 4.57 Å². The third-order valence-electron chi connectivity index (χ3n) is 7.87. The molecule has 6 aromatic carbocycles. The van der Waals surface area contributed by atoms with Crippen LogP contribution in [0.2, 0.25) is 0 Å². The van der Waals surface area contributed by atoms with Gasteiger partial charge in [0.1, 0.15) is 17.2 Å². The Morgan fingerprint density at radius 2 is 1.10 bits per heavy atom. The maximum absolute atomic E-state index is 10.2. The van der Waals surface area contributed by atoms with Crippen LogP contribution >= 0.6 is 0 Å². The molecule has 0 aliphatic carbocycles. The number of fused-ring (bicyclic) bond motifs is 6. The lowest BCUT2D eigenvalue weighted by Gasteiger charge is -2.16. The van der Waals surface area contributed by atoms with E-state index in [9.17, 15) is 5.26 Å². The second-order valence-electron chi connectivity index (χ2n) is 10.1. The summed E-state index contributed by atoms with van der Waals surface area (Å²) in [6, 6.07) is 48.4. The van der Waals surface area contributed by atoms with Crippen molar-refractivity contribution in [3.05, 3.63) is 139 Å². The van der Waals surface area contributed by atoms with Crippen molar-refractivity contribution in [3.8, 4) is 34.0 Å². The molecule has 186 valence electrons. The molecule has 0 saturated carbocycles. The largest absolute Gasteiger partial charge is 0.456 e. The maximum Gasteiger partial charge on any atom is 0.135 e. The van der Waals surface area contributed by atoms with Crippen LogP contribution in [0.4, 0.5) is 0 Å². The molecule has 0 aliphatic heterocycles. The van der Waals surface area contributed by atoms with Crippen LogP contribution in [0.1, 0.15) is 5.56 Å². The summed E-state index contributed by atoms with van der Waals surface area (Å²) in [7, 11) is 0. The first-order valence-electron chi connectivity index (χ1n) is 13.3. The Morgan fingerprint density at radius 1 is 0.500 bits per heavy atom. The van der Waals surface area contributed by atoms with Crippen molar-refractivity contribution in [3.63, 3.8) is 0 Å². The Morgan fingerprint density at radius 3 is 1.82 bits per heavy atom. The Labute approximate surface area is 230 Å². The molecule has 8 rings (SSSR count). The van der Waals surface area contributed by atoms with Crippen LogP contribution in [0.5, 0.6) is 0 Å². The highest BCUT2D eigenvalue weighted by molar-refractivity contribution is 6.10. The second-order valence-corrected chi connectivity index (χ2v) is 10.1. The summed E-state index contributed by atoms with van der Waals surface area (Å²) in [5.41, 5.74) is 9.87. The van der Waals surface area contributed by atoms with Crippen LogP contribution in [0.25, 0.3) is 71.7 Å². The number of nitrogens with zero attached hydrogens (tertiary/aromatic N) is 2. The molecule has 0 amide bonds. The summed E-state index contributed by atoms with van der Waals surface area (Å²) in [5.74, 6) is 0. The molecule has 3 nitrogen and oxygen atoms in total. The van der Waals surface area contributed by atoms with Crippen LogP contribution in [0, 0.1) is 11.3 Å². The zero-order valence-corrected chi connectivity index (χ0v) is 21.5. The van der Waals surface area contributed by atoms with Crippen molar-refractivity contribution in [2.24, 2.45) is 0 Å². The number of para-hydroxylation sites is 4. The molecule has 0 unspecified atom stereocenters. The van der Waals surface area contributed by atoms with E-state index in [-0.39, 0.29) is 0 Å². The first-order chi connectivity index (χ1) is 19.8. The number of nitriles is 1. The van der Waals surface area contributed by atoms with Gasteiger partial charge in [-0.05, 0) is 53.1 Å². The van der Waals surface area contributed by atoms with Crippen molar-refractivity contribution in [2.45, 2.75) is 0 Å². The normalized spacial score (nSPS) is 11.5. The van der Waals surface area contributed by atoms with E-state index in [1.54, 1.807) is 0 Å². The van der Waals surface area contributed by atoms with Gasteiger partial charge in [0, 0.05) is 27.1 Å². The van der Waals surface area contributed by atoms with E-state index in [1.165, 1.54) is 10.8 Å². The molecular weight excluding hydrogens is 488 g/mol. The van der Waals surface area contributed by atoms with Crippen LogP contribution in [-0.2, 0) is 0 Å². The molecule has 8 aromatic rings. The van der Waals surface area contributed by atoms with E-state index in [0.29, 0.717) is 5.56 Å². The SMILES string of the molecule is N#Cc1cccc(-c2ccc(-c3ccc4oc5ccccc5c4c3)cc2)c1-n1c2ccccc2c2ccccc21. The molecule has 0 atom stereocenters. The fraction of sp³-hybridized carbons (Fsp3) is 0. The molecule has 0 spiro atoms. The molecule has 3 heteroatoms. The first kappa shape index (κ1) is 22.4. The minimum Gasteiger partial charge on any atom is -0.456 e. The quantitative estimate of drug-likeness (QED) is 0.237. The Kier molecular flexibility index (Phi) is 4.89. The molecule has 0 fully saturated rings. The summed E-state index contributed by atoms with van der Waals surface area (Å²) in [6.45, 7) is 0. The standard InChI is InChI=1S/C37H22N2O/c38-23-27-8-7-12-28(37(27)39-33-13-4-1-9-29(33)30-10-2-5-14-34(30)39)25-18-16-24(17-19-25)26-20-21-36-32(22-26)31-11-3-6-15-35(31)40-36/h1-22H. The fourth-order valence-electron chi connectivity index (χ4n) is 6.02. The molecule has 0 N–H and O–H groups in total. The predicted octanol–water partition coefficient (Wildman–Crippen LogP) is 9.89. The molecular formula is C37H22N2O. The van der Waals surface area contributed by atoms with Crippen LogP contribution in [0.3, 0.4) is 0 Å². The molecule has 0 aliphatic rings. The zero-order chi connectivity index (χ0) is 26.6. The first-order valence-corrected chi connectivity index (χ1v) is 13.3. The van der Waals surface area contributed by atoms with Crippen molar-refractivity contribution < 1.29 is 4.42 Å². The Bertz CT molecular complexity index is 2220. The smallest absolute Gasteiger partial charge is 0.135 e. The van der Waals surface area contributed by atoms with Gasteiger partial charge in [0.15, 0.2) is 0 Å². The van der Waals surface area contributed by atoms with Gasteiger partial charge in [0.25, 0.3) is 0 Å². The van der Waals surface area contributed by atoms with Crippen molar-refractivity contribution in [1.29, 1.82) is 5.26 Å². The maximum atomic E-state index is 10.2. The summed E-state index contributed by atoms with van der Waals surface area (Å²) in [5, 5.41) is 14.8. The number of aromatic nitrogens is 1. The van der Waals surface area contributed by atoms with Gasteiger partial charge in [0.2, 0.25) is 0 Å². The minimum absolute atomic E-state index is 0.644. The molecule has 0 radical (unpaired) electrons. The highest BCUT2D eigenvalue weighted by Gasteiger charge is 2.18. The molecule has 2 heterocycles. The monoisotopic (exact) mass is 510 g/mol. The average molecular weight is 511 g/mol. The number of furan rings is 1. The zero-order valence-electron chi connectivity index (χ0n) is 21.5. The summed E-state index contributed by atoms with van der Waals surface area (Å²) < 4.78 is 8.26. The highest BCUT2D eigenvalue weighted by Crippen LogP contribution is 2.38. The lowest BCUT2D eigenvalue weighted by Crippen LogP contribution is -2.00. The lowest BCUT2D eigenvalue weighted by atomic mass is 9.96. The van der Waals surface area contributed by atoms with Gasteiger partial charge in [0.05, 0.1) is 22.3 Å². The number of hydrogen-bond acceptors (Lipinski definition) is 2. The molecule has 40 heavy (non-hydrogen) atoms. The highest BCUT2D eigenvalue weighted by atomic mass is 16.3. The predicted molar refractivity (Wildman–Crippen MR) is 164 cm³/mol. The van der Waals surface area contributed by atoms with Gasteiger partial charge >= 0.3 is 0 Å². The Balaban J connectivity index is 1.30. The van der Waals surface area contributed by atoms with E-state index in [1.807, 2.05) is 30.3 Å². The van der Waals surface area contributed by atoms with Crippen LogP contribution in [0.15, 0.2) is 138 Å². The van der Waals surface area contributed by atoms with Gasteiger partial charge in [-0.1, -0.05) is 97.1 Å². The topological polar surface area (TPSA) is 41.9 Å². The minimum atomic E-state index is 0.644. The van der Waals surface area contributed by atoms with Gasteiger partial charge in [-0.3, -0.25) is 0 Å². The summed E-state index contributed by atoms with van der Waals surface area (Å²) >= 11 is 0. The lowest BCUT2D eigenvalue weighted by molar-refractivity contribution is 0.669. The number of hydrogen-bond donors (Lipinski definition) is 0. The third-order valence-corrected chi connectivity index (χ3v) is 7.87. The van der Waals surface area contributed by atoms with Gasteiger partial charge in [-0.15, -0.1) is 0 Å². The van der Waals surface area contributed by atoms with E-state index in [4.69, 9.17) is 4.42 Å². The van der Waals surface area contributed by atoms with Crippen LogP contribution in [-0.4, -0.2) is 4.57 Å². The number of rotatable bonds is 3. The third kappa shape index (κ3) is 3.30. The number of benzene rings is 6. The van der Waals surface area contributed by atoms with Gasteiger partial charge in [-0.2, -0.15) is 5.26 Å². The molecule has 0 saturated heterocycles. The van der Waals surface area contributed by atoms with E-state index in [0.717, 1.165) is 60.9 Å². The molecule has 2 aromatic heterocycles. The molecule has 0 bridgehead atoms. The van der Waals surface area contributed by atoms with Crippen molar-refractivity contribution >= 4 is 43.7 Å². The van der Waals surface area contributed by atoms with Crippen LogP contribution < -0.4 is 0 Å². The van der Waals surface area contributed by atoms with E-state index >= 15 is 0 Å².